The highest BCUT2D eigenvalue weighted by atomic mass is 32.1. The number of rotatable bonds is 8. The summed E-state index contributed by atoms with van der Waals surface area (Å²) in [5, 5.41) is 24.6. The predicted octanol–water partition coefficient (Wildman–Crippen LogP) is 1.52. The quantitative estimate of drug-likeness (QED) is 0.303. The van der Waals surface area contributed by atoms with Crippen molar-refractivity contribution in [2.75, 3.05) is 50.1 Å². The number of nitrogens with zero attached hydrogens (tertiary/aromatic N) is 4. The number of benzene rings is 2. The highest BCUT2D eigenvalue weighted by molar-refractivity contribution is 7.80. The number of carbonyl (C=O) groups is 2. The summed E-state index contributed by atoms with van der Waals surface area (Å²) in [6, 6.07) is 8.44. The van der Waals surface area contributed by atoms with Crippen LogP contribution in [-0.4, -0.2) is 82.3 Å². The van der Waals surface area contributed by atoms with Crippen LogP contribution in [0.2, 0.25) is 0 Å². The van der Waals surface area contributed by atoms with E-state index in [0.717, 1.165) is 0 Å². The number of nitrogens with one attached hydrogen (secondary N) is 3. The second-order valence-electron chi connectivity index (χ2n) is 8.71. The van der Waals surface area contributed by atoms with Gasteiger partial charge >= 0.3 is 0 Å². The summed E-state index contributed by atoms with van der Waals surface area (Å²) in [4.78, 5) is 27.7. The Labute approximate surface area is 228 Å². The van der Waals surface area contributed by atoms with Crippen molar-refractivity contribution in [3.63, 3.8) is 0 Å². The number of hydrogen-bond donors (Lipinski definition) is 4. The predicted molar refractivity (Wildman–Crippen MR) is 142 cm³/mol. The van der Waals surface area contributed by atoms with E-state index in [1.165, 1.54) is 25.4 Å². The number of ether oxygens (including phenoxy) is 1. The number of para-hydroxylation sites is 1. The average Bonchev–Trinajstić information content (AvgIpc) is 3.47. The molecule has 11 nitrogen and oxygen atoms in total. The number of aromatic amines is 1. The first-order valence-corrected chi connectivity index (χ1v) is 12.4. The van der Waals surface area contributed by atoms with Crippen molar-refractivity contribution in [2.24, 2.45) is 0 Å². The summed E-state index contributed by atoms with van der Waals surface area (Å²) in [6.45, 7) is 0.295. The molecule has 1 saturated heterocycles. The van der Waals surface area contributed by atoms with Crippen molar-refractivity contribution in [2.45, 2.75) is 12.5 Å². The summed E-state index contributed by atoms with van der Waals surface area (Å²) in [5.74, 6) is -2.30. The lowest BCUT2D eigenvalue weighted by atomic mass is 10.0. The third kappa shape index (κ3) is 6.64. The molecule has 1 aliphatic heterocycles. The monoisotopic (exact) mass is 559 g/mol. The van der Waals surface area contributed by atoms with Gasteiger partial charge in [-0.3, -0.25) is 14.7 Å². The van der Waals surface area contributed by atoms with Crippen LogP contribution < -0.4 is 15.5 Å². The molecule has 2 aromatic carbocycles. The van der Waals surface area contributed by atoms with E-state index in [1.54, 1.807) is 34.1 Å². The molecule has 0 aliphatic carbocycles. The smallest absolute Gasteiger partial charge is 0.257 e. The number of aromatic nitrogens is 3. The van der Waals surface area contributed by atoms with Crippen molar-refractivity contribution in [3.05, 3.63) is 71.1 Å². The maximum atomic E-state index is 15.3. The van der Waals surface area contributed by atoms with Gasteiger partial charge in [0.2, 0.25) is 11.8 Å². The van der Waals surface area contributed by atoms with Crippen LogP contribution in [0.4, 0.5) is 20.2 Å². The highest BCUT2D eigenvalue weighted by Crippen LogP contribution is 2.30. The molecule has 1 atom stereocenters. The molecule has 4 N–H and O–H groups in total. The van der Waals surface area contributed by atoms with Crippen LogP contribution in [-0.2, 0) is 20.7 Å². The molecular formula is C25H27F2N7O4S. The van der Waals surface area contributed by atoms with Crippen molar-refractivity contribution in [1.29, 1.82) is 0 Å². The first kappa shape index (κ1) is 27.9. The van der Waals surface area contributed by atoms with Gasteiger partial charge in [0, 0.05) is 38.1 Å². The van der Waals surface area contributed by atoms with Crippen LogP contribution in [0.1, 0.15) is 22.9 Å². The number of amides is 2. The van der Waals surface area contributed by atoms with Crippen LogP contribution in [0.5, 0.6) is 0 Å². The molecule has 2 amide bonds. The molecule has 0 bridgehead atoms. The number of piperazine rings is 1. The maximum absolute atomic E-state index is 15.3. The van der Waals surface area contributed by atoms with E-state index in [4.69, 9.17) is 22.1 Å². The van der Waals surface area contributed by atoms with Crippen LogP contribution >= 0.6 is 12.2 Å². The number of thiocarbonyl (C=S) groups is 1. The topological polar surface area (TPSA) is 136 Å². The zero-order valence-electron chi connectivity index (χ0n) is 21.0. The number of anilines is 2. The summed E-state index contributed by atoms with van der Waals surface area (Å²) >= 11 is 5.06. The molecule has 1 aliphatic rings. The Morgan fingerprint density at radius 1 is 1.18 bits per heavy atom. The minimum atomic E-state index is -0.797. The Morgan fingerprint density at radius 3 is 2.49 bits per heavy atom. The van der Waals surface area contributed by atoms with Crippen LogP contribution in [0.25, 0.3) is 0 Å². The van der Waals surface area contributed by atoms with Crippen molar-refractivity contribution in [3.8, 4) is 0 Å². The summed E-state index contributed by atoms with van der Waals surface area (Å²) in [7, 11) is 1.37. The number of halogens is 2. The van der Waals surface area contributed by atoms with Crippen molar-refractivity contribution < 1.29 is 28.2 Å². The minimum absolute atomic E-state index is 0.0204. The maximum Gasteiger partial charge on any atom is 0.257 e. The zero-order chi connectivity index (χ0) is 27.9. The van der Waals surface area contributed by atoms with Crippen LogP contribution in [0.15, 0.2) is 42.6 Å². The lowest BCUT2D eigenvalue weighted by Crippen LogP contribution is -2.49. The van der Waals surface area contributed by atoms with Crippen molar-refractivity contribution in [1.82, 2.24) is 25.6 Å². The first-order chi connectivity index (χ1) is 18.8. The number of methoxy groups -OCH3 is 1. The van der Waals surface area contributed by atoms with Gasteiger partial charge in [-0.1, -0.05) is 23.4 Å². The number of aliphatic hydroxyl groups excluding tert-OH is 1. The lowest BCUT2D eigenvalue weighted by Gasteiger charge is -2.36. The molecule has 0 saturated carbocycles. The van der Waals surface area contributed by atoms with Gasteiger partial charge in [-0.2, -0.15) is 0 Å². The standard InChI is InChI=1S/C25H27F2N7O4S/c1-38-25(39)30-23(20-13-28-32-31-20)16-10-17(26)24(18(27)11-16)34-8-6-33(7-9-34)22(37)12-15-4-2-3-5-19(15)29-21(36)14-35/h2-5,10-11,13,23,35H,6-9,12,14H2,1H3,(H,29,36)(H,30,39)(H,28,31,32). The van der Waals surface area contributed by atoms with Crippen LogP contribution in [0, 0.1) is 11.6 Å². The van der Waals surface area contributed by atoms with Gasteiger partial charge in [0.25, 0.3) is 5.17 Å². The highest BCUT2D eigenvalue weighted by Gasteiger charge is 2.28. The molecule has 206 valence electrons. The van der Waals surface area contributed by atoms with Gasteiger partial charge in [-0.15, -0.1) is 5.10 Å². The fraction of sp³-hybridized carbons (Fsp3) is 0.320. The van der Waals surface area contributed by atoms with Crippen LogP contribution in [0.3, 0.4) is 0 Å². The van der Waals surface area contributed by atoms with E-state index in [1.807, 2.05) is 0 Å². The second kappa shape index (κ2) is 12.6. The number of H-pyrrole nitrogens is 1. The fourth-order valence-electron chi connectivity index (χ4n) is 4.35. The largest absolute Gasteiger partial charge is 0.474 e. The van der Waals surface area contributed by atoms with Gasteiger partial charge in [0.1, 0.15) is 35.7 Å². The Hall–Kier alpha value is -4.17. The fourth-order valence-corrected chi connectivity index (χ4v) is 4.47. The second-order valence-corrected chi connectivity index (χ2v) is 9.08. The van der Waals surface area contributed by atoms with E-state index >= 15 is 8.78 Å². The van der Waals surface area contributed by atoms with Gasteiger partial charge < -0.3 is 30.3 Å². The molecule has 3 aromatic rings. The summed E-state index contributed by atoms with van der Waals surface area (Å²) in [5.41, 5.74) is 1.46. The molecule has 0 radical (unpaired) electrons. The van der Waals surface area contributed by atoms with Crippen molar-refractivity contribution >= 4 is 40.6 Å². The van der Waals surface area contributed by atoms with E-state index in [9.17, 15) is 9.59 Å². The first-order valence-electron chi connectivity index (χ1n) is 12.0. The van der Waals surface area contributed by atoms with Gasteiger partial charge in [0.15, 0.2) is 0 Å². The third-order valence-corrected chi connectivity index (χ3v) is 6.56. The molecule has 0 spiro atoms. The molecular weight excluding hydrogens is 532 g/mol. The lowest BCUT2D eigenvalue weighted by molar-refractivity contribution is -0.130. The summed E-state index contributed by atoms with van der Waals surface area (Å²) < 4.78 is 35.6. The molecule has 39 heavy (non-hydrogen) atoms. The SMILES string of the molecule is COC(=S)NC(c1cc(F)c(N2CCN(C(=O)Cc3ccccc3NC(=O)CO)CC2)c(F)c1)c1c[nH]nn1. The van der Waals surface area contributed by atoms with Gasteiger partial charge in [-0.05, 0) is 41.5 Å². The van der Waals surface area contributed by atoms with Gasteiger partial charge in [-0.25, -0.2) is 8.78 Å². The van der Waals surface area contributed by atoms with E-state index in [0.29, 0.717) is 16.9 Å². The molecule has 2 heterocycles. The Bertz CT molecular complexity index is 1310. The van der Waals surface area contributed by atoms with E-state index in [-0.39, 0.29) is 54.9 Å². The Kier molecular flexibility index (Phi) is 8.99. The number of aliphatic hydroxyl groups is 1. The molecule has 1 unspecified atom stereocenters. The Morgan fingerprint density at radius 2 is 1.87 bits per heavy atom. The number of carbonyl (C=O) groups excluding carboxylic acids is 2. The molecule has 1 aromatic heterocycles. The molecule has 4 rings (SSSR count). The Balaban J connectivity index is 1.44. The normalized spacial score (nSPS) is 14.1. The zero-order valence-corrected chi connectivity index (χ0v) is 21.8. The number of hydrogen-bond acceptors (Lipinski definition) is 8. The molecule has 1 fully saturated rings. The average molecular weight is 560 g/mol. The third-order valence-electron chi connectivity index (χ3n) is 6.28. The van der Waals surface area contributed by atoms with E-state index in [2.05, 4.69) is 26.0 Å². The molecule has 14 heteroatoms. The minimum Gasteiger partial charge on any atom is -0.474 e. The van der Waals surface area contributed by atoms with Gasteiger partial charge in [0.05, 0.1) is 13.5 Å². The summed E-state index contributed by atoms with van der Waals surface area (Å²) in [6.07, 6.45) is 1.51. The van der Waals surface area contributed by atoms with E-state index < -0.39 is 30.2 Å².